The maximum absolute atomic E-state index is 11.2. The zero-order valence-corrected chi connectivity index (χ0v) is 9.10. The molecule has 0 unspecified atom stereocenters. The Labute approximate surface area is 79.1 Å². The van der Waals surface area contributed by atoms with E-state index in [1.165, 1.54) is 19.9 Å². The molecule has 1 N–H and O–H groups in total. The van der Waals surface area contributed by atoms with Gasteiger partial charge in [0.05, 0.1) is 5.25 Å². The highest BCUT2D eigenvalue weighted by atomic mass is 32.2. The molecule has 0 aliphatic rings. The van der Waals surface area contributed by atoms with Crippen LogP contribution in [-0.2, 0) is 14.8 Å². The van der Waals surface area contributed by atoms with Crippen molar-refractivity contribution in [3.05, 3.63) is 11.6 Å². The molecule has 0 aliphatic heterocycles. The molecule has 0 saturated carbocycles. The van der Waals surface area contributed by atoms with Gasteiger partial charge in [-0.1, -0.05) is 5.57 Å². The largest absolute Gasteiger partial charge is 0.269 e. The molecule has 0 saturated heterocycles. The first-order valence-corrected chi connectivity index (χ1v) is 5.51. The SMILES string of the molecule is CC(C)=CC(=O)NS(=O)(=O)C(C)C. The van der Waals surface area contributed by atoms with Gasteiger partial charge in [-0.15, -0.1) is 0 Å². The summed E-state index contributed by atoms with van der Waals surface area (Å²) in [5.41, 5.74) is 0.761. The predicted octanol–water partition coefficient (Wildman–Crippen LogP) is 0.807. The van der Waals surface area contributed by atoms with Crippen LogP contribution in [0.3, 0.4) is 0 Å². The Morgan fingerprint density at radius 3 is 2.08 bits per heavy atom. The minimum absolute atomic E-state index is 0.589. The number of allylic oxidation sites excluding steroid dienone is 1. The summed E-state index contributed by atoms with van der Waals surface area (Å²) >= 11 is 0. The lowest BCUT2D eigenvalue weighted by molar-refractivity contribution is -0.114. The van der Waals surface area contributed by atoms with Crippen LogP contribution in [0.25, 0.3) is 0 Å². The zero-order valence-electron chi connectivity index (χ0n) is 8.29. The third-order valence-electron chi connectivity index (χ3n) is 1.28. The van der Waals surface area contributed by atoms with Crippen LogP contribution in [0.15, 0.2) is 11.6 Å². The predicted molar refractivity (Wildman–Crippen MR) is 51.6 cm³/mol. The number of carbonyl (C=O) groups excluding carboxylic acids is 1. The fraction of sp³-hybridized carbons (Fsp3) is 0.625. The second-order valence-electron chi connectivity index (χ2n) is 3.28. The number of nitrogens with one attached hydrogen (secondary N) is 1. The number of amides is 1. The van der Waals surface area contributed by atoms with Crippen LogP contribution in [0.5, 0.6) is 0 Å². The highest BCUT2D eigenvalue weighted by Gasteiger charge is 2.17. The summed E-state index contributed by atoms with van der Waals surface area (Å²) in [4.78, 5) is 11.0. The van der Waals surface area contributed by atoms with Gasteiger partial charge in [0, 0.05) is 6.08 Å². The van der Waals surface area contributed by atoms with E-state index in [1.54, 1.807) is 13.8 Å². The second kappa shape index (κ2) is 4.41. The molecule has 76 valence electrons. The molecule has 0 atom stereocenters. The van der Waals surface area contributed by atoms with E-state index in [2.05, 4.69) is 0 Å². The molecule has 0 spiro atoms. The molecule has 0 heterocycles. The second-order valence-corrected chi connectivity index (χ2v) is 5.52. The molecule has 0 aliphatic carbocycles. The van der Waals surface area contributed by atoms with E-state index in [4.69, 9.17) is 0 Å². The maximum atomic E-state index is 11.2. The van der Waals surface area contributed by atoms with Crippen molar-refractivity contribution in [3.8, 4) is 0 Å². The van der Waals surface area contributed by atoms with E-state index in [0.29, 0.717) is 0 Å². The molecular weight excluding hydrogens is 190 g/mol. The average Bonchev–Trinajstić information content (AvgIpc) is 1.82. The first-order chi connectivity index (χ1) is 5.75. The summed E-state index contributed by atoms with van der Waals surface area (Å²) in [5, 5.41) is -0.595. The van der Waals surface area contributed by atoms with Crippen LogP contribution < -0.4 is 4.72 Å². The number of hydrogen-bond donors (Lipinski definition) is 1. The van der Waals surface area contributed by atoms with Gasteiger partial charge in [0.2, 0.25) is 10.0 Å². The molecule has 0 aromatic rings. The van der Waals surface area contributed by atoms with E-state index >= 15 is 0 Å². The number of hydrogen-bond acceptors (Lipinski definition) is 3. The third kappa shape index (κ3) is 4.67. The van der Waals surface area contributed by atoms with Crippen molar-refractivity contribution in [1.29, 1.82) is 0 Å². The molecule has 0 bridgehead atoms. The van der Waals surface area contributed by atoms with Crippen LogP contribution in [-0.4, -0.2) is 19.6 Å². The Balaban J connectivity index is 4.49. The molecule has 0 fully saturated rings. The minimum atomic E-state index is -3.49. The molecule has 0 aromatic heterocycles. The molecule has 0 aromatic carbocycles. The molecule has 1 amide bonds. The fourth-order valence-corrected chi connectivity index (χ4v) is 1.12. The summed E-state index contributed by atoms with van der Waals surface area (Å²) in [6.07, 6.45) is 1.25. The van der Waals surface area contributed by atoms with E-state index in [1.807, 2.05) is 4.72 Å². The summed E-state index contributed by atoms with van der Waals surface area (Å²) in [7, 11) is -3.49. The summed E-state index contributed by atoms with van der Waals surface area (Å²) in [6.45, 7) is 6.47. The van der Waals surface area contributed by atoms with E-state index in [0.717, 1.165) is 5.57 Å². The van der Waals surface area contributed by atoms with Crippen molar-refractivity contribution in [3.63, 3.8) is 0 Å². The Kier molecular flexibility index (Phi) is 4.13. The van der Waals surface area contributed by atoms with Gasteiger partial charge in [0.1, 0.15) is 0 Å². The molecule has 0 radical (unpaired) electrons. The van der Waals surface area contributed by atoms with E-state index < -0.39 is 21.2 Å². The maximum Gasteiger partial charge on any atom is 0.257 e. The van der Waals surface area contributed by atoms with Gasteiger partial charge < -0.3 is 0 Å². The van der Waals surface area contributed by atoms with Crippen LogP contribution in [0, 0.1) is 0 Å². The van der Waals surface area contributed by atoms with Gasteiger partial charge in [-0.25, -0.2) is 13.1 Å². The molecule has 13 heavy (non-hydrogen) atoms. The number of carbonyl (C=O) groups is 1. The summed E-state index contributed by atoms with van der Waals surface area (Å²) in [6, 6.07) is 0. The monoisotopic (exact) mass is 205 g/mol. The average molecular weight is 205 g/mol. The minimum Gasteiger partial charge on any atom is -0.269 e. The Morgan fingerprint density at radius 1 is 1.31 bits per heavy atom. The van der Waals surface area contributed by atoms with E-state index in [-0.39, 0.29) is 0 Å². The lowest BCUT2D eigenvalue weighted by Crippen LogP contribution is -2.34. The van der Waals surface area contributed by atoms with Crippen molar-refractivity contribution < 1.29 is 13.2 Å². The van der Waals surface area contributed by atoms with Crippen molar-refractivity contribution in [2.24, 2.45) is 0 Å². The molecule has 0 rings (SSSR count). The summed E-state index contributed by atoms with van der Waals surface area (Å²) < 4.78 is 24.3. The number of rotatable bonds is 3. The molecular formula is C8H15NO3S. The Bertz CT molecular complexity index is 310. The highest BCUT2D eigenvalue weighted by molar-refractivity contribution is 7.90. The zero-order chi connectivity index (χ0) is 10.6. The third-order valence-corrected chi connectivity index (χ3v) is 3.01. The van der Waals surface area contributed by atoms with Crippen LogP contribution >= 0.6 is 0 Å². The van der Waals surface area contributed by atoms with Gasteiger partial charge in [0.25, 0.3) is 5.91 Å². The standard InChI is InChI=1S/C8H15NO3S/c1-6(2)5-8(10)9-13(11,12)7(3)4/h5,7H,1-4H3,(H,9,10). The molecule has 4 nitrogen and oxygen atoms in total. The van der Waals surface area contributed by atoms with Crippen LogP contribution in [0.1, 0.15) is 27.7 Å². The quantitative estimate of drug-likeness (QED) is 0.693. The van der Waals surface area contributed by atoms with Crippen molar-refractivity contribution in [1.82, 2.24) is 4.72 Å². The Morgan fingerprint density at radius 2 is 1.77 bits per heavy atom. The van der Waals surface area contributed by atoms with Gasteiger partial charge in [-0.3, -0.25) is 4.79 Å². The van der Waals surface area contributed by atoms with Crippen molar-refractivity contribution >= 4 is 15.9 Å². The number of sulfonamides is 1. The Hall–Kier alpha value is -0.840. The topological polar surface area (TPSA) is 63.2 Å². The van der Waals surface area contributed by atoms with Crippen LogP contribution in [0.2, 0.25) is 0 Å². The lowest BCUT2D eigenvalue weighted by Gasteiger charge is -2.07. The van der Waals surface area contributed by atoms with E-state index in [9.17, 15) is 13.2 Å². The van der Waals surface area contributed by atoms with Gasteiger partial charge in [0.15, 0.2) is 0 Å². The van der Waals surface area contributed by atoms with Crippen LogP contribution in [0.4, 0.5) is 0 Å². The fourth-order valence-electron chi connectivity index (χ4n) is 0.550. The summed E-state index contributed by atoms with van der Waals surface area (Å²) in [5.74, 6) is -0.589. The van der Waals surface area contributed by atoms with Gasteiger partial charge in [-0.05, 0) is 27.7 Å². The smallest absolute Gasteiger partial charge is 0.257 e. The van der Waals surface area contributed by atoms with Crippen molar-refractivity contribution in [2.45, 2.75) is 32.9 Å². The first kappa shape index (κ1) is 12.2. The highest BCUT2D eigenvalue weighted by Crippen LogP contribution is 1.96. The van der Waals surface area contributed by atoms with Crippen molar-refractivity contribution in [2.75, 3.05) is 0 Å². The molecule has 5 heteroatoms. The normalized spacial score (nSPS) is 11.2. The van der Waals surface area contributed by atoms with Gasteiger partial charge in [-0.2, -0.15) is 0 Å². The first-order valence-electron chi connectivity index (χ1n) is 3.96. The lowest BCUT2D eigenvalue weighted by atomic mass is 10.3. The van der Waals surface area contributed by atoms with Gasteiger partial charge >= 0.3 is 0 Å².